The summed E-state index contributed by atoms with van der Waals surface area (Å²) < 4.78 is 0. The second-order valence-electron chi connectivity index (χ2n) is 0.889. The Morgan fingerprint density at radius 1 is 1.43 bits per heavy atom. The lowest BCUT2D eigenvalue weighted by molar-refractivity contribution is -0.0413. The summed E-state index contributed by atoms with van der Waals surface area (Å²) in [6, 6.07) is 0. The van der Waals surface area contributed by atoms with Crippen molar-refractivity contribution in [3.05, 3.63) is 0 Å². The molecule has 0 amide bonds. The Balaban J connectivity index is 0. The molecule has 0 radical (unpaired) electrons. The van der Waals surface area contributed by atoms with E-state index in [0.717, 1.165) is 0 Å². The van der Waals surface area contributed by atoms with E-state index >= 15 is 0 Å². The zero-order chi connectivity index (χ0) is 6.28. The van der Waals surface area contributed by atoms with Gasteiger partial charge in [0.05, 0.1) is 0 Å². The molecule has 3 heteroatoms. The predicted molar refractivity (Wildman–Crippen MR) is 28.6 cm³/mol. The molecule has 0 aromatic heterocycles. The standard InChI is InChI=1S/C3H8O2.CH5N/c1-2-3(4)5;1-2/h3-5H,2H2,1H3;2H2,1H3. The minimum Gasteiger partial charge on any atom is -0.368 e. The first-order valence-corrected chi connectivity index (χ1v) is 2.21. The Morgan fingerprint density at radius 3 is 1.57 bits per heavy atom. The van der Waals surface area contributed by atoms with Crippen LogP contribution in [0.1, 0.15) is 13.3 Å². The molecule has 0 aliphatic rings. The molecule has 3 nitrogen and oxygen atoms in total. The number of rotatable bonds is 1. The smallest absolute Gasteiger partial charge is 0.151 e. The quantitative estimate of drug-likeness (QED) is 0.387. The monoisotopic (exact) mass is 107 g/mol. The Kier molecular flexibility index (Phi) is 13.3. The van der Waals surface area contributed by atoms with Crippen LogP contribution >= 0.6 is 0 Å². The topological polar surface area (TPSA) is 66.5 Å². The van der Waals surface area contributed by atoms with Crippen molar-refractivity contribution in [2.75, 3.05) is 7.05 Å². The fraction of sp³-hybridized carbons (Fsp3) is 1.00. The Bertz CT molecular complexity index is 23.7. The number of nitrogens with two attached hydrogens (primary N) is 1. The van der Waals surface area contributed by atoms with Crippen LogP contribution in [0, 0.1) is 0 Å². The van der Waals surface area contributed by atoms with Crippen LogP contribution < -0.4 is 5.73 Å². The summed E-state index contributed by atoms with van der Waals surface area (Å²) in [6.45, 7) is 1.70. The maximum atomic E-state index is 7.92. The van der Waals surface area contributed by atoms with Crippen LogP contribution in [0.4, 0.5) is 0 Å². The molecule has 0 aromatic carbocycles. The predicted octanol–water partition coefficient (Wildman–Crippen LogP) is -0.718. The minimum atomic E-state index is -1.12. The first-order chi connectivity index (χ1) is 3.27. The zero-order valence-electron chi connectivity index (χ0n) is 4.76. The largest absolute Gasteiger partial charge is 0.368 e. The summed E-state index contributed by atoms with van der Waals surface area (Å²) in [6.07, 6.45) is -0.699. The number of hydrogen-bond donors (Lipinski definition) is 3. The molecule has 0 atom stereocenters. The molecule has 46 valence electrons. The summed E-state index contributed by atoms with van der Waals surface area (Å²) in [5, 5.41) is 15.8. The van der Waals surface area contributed by atoms with Gasteiger partial charge in [-0.1, -0.05) is 6.92 Å². The Hall–Kier alpha value is -0.120. The summed E-state index contributed by atoms with van der Waals surface area (Å²) >= 11 is 0. The van der Waals surface area contributed by atoms with Crippen LogP contribution in [0.2, 0.25) is 0 Å². The zero-order valence-corrected chi connectivity index (χ0v) is 4.76. The van der Waals surface area contributed by atoms with Crippen molar-refractivity contribution in [2.45, 2.75) is 19.6 Å². The fourth-order valence-corrected chi connectivity index (χ4v) is 0. The second-order valence-corrected chi connectivity index (χ2v) is 0.889. The molecule has 0 heterocycles. The second kappa shape index (κ2) is 9.30. The maximum Gasteiger partial charge on any atom is 0.151 e. The molecule has 0 fully saturated rings. The van der Waals surface area contributed by atoms with Gasteiger partial charge in [0.1, 0.15) is 0 Å². The van der Waals surface area contributed by atoms with Gasteiger partial charge in [-0.3, -0.25) is 0 Å². The lowest BCUT2D eigenvalue weighted by Gasteiger charge is -1.90. The highest BCUT2D eigenvalue weighted by atomic mass is 16.5. The van der Waals surface area contributed by atoms with Crippen molar-refractivity contribution in [3.63, 3.8) is 0 Å². The van der Waals surface area contributed by atoms with E-state index in [2.05, 4.69) is 5.73 Å². The average Bonchev–Trinajstić information content (AvgIpc) is 1.73. The molecule has 4 N–H and O–H groups in total. The van der Waals surface area contributed by atoms with Crippen molar-refractivity contribution >= 4 is 0 Å². The van der Waals surface area contributed by atoms with Gasteiger partial charge in [-0.2, -0.15) is 0 Å². The van der Waals surface area contributed by atoms with Gasteiger partial charge in [0.25, 0.3) is 0 Å². The van der Waals surface area contributed by atoms with Crippen LogP contribution in [0.25, 0.3) is 0 Å². The van der Waals surface area contributed by atoms with Gasteiger partial charge in [0.2, 0.25) is 0 Å². The molecule has 0 spiro atoms. The van der Waals surface area contributed by atoms with E-state index < -0.39 is 6.29 Å². The van der Waals surface area contributed by atoms with Crippen LogP contribution in [0.5, 0.6) is 0 Å². The van der Waals surface area contributed by atoms with Crippen LogP contribution in [-0.2, 0) is 0 Å². The maximum absolute atomic E-state index is 7.92. The van der Waals surface area contributed by atoms with Gasteiger partial charge < -0.3 is 15.9 Å². The van der Waals surface area contributed by atoms with E-state index in [1.807, 2.05) is 0 Å². The van der Waals surface area contributed by atoms with Crippen LogP contribution in [-0.4, -0.2) is 23.6 Å². The highest BCUT2D eigenvalue weighted by Gasteiger charge is 1.83. The van der Waals surface area contributed by atoms with Gasteiger partial charge in [0.15, 0.2) is 6.29 Å². The van der Waals surface area contributed by atoms with E-state index in [4.69, 9.17) is 10.2 Å². The Morgan fingerprint density at radius 2 is 1.57 bits per heavy atom. The third-order valence-corrected chi connectivity index (χ3v) is 0.365. The lowest BCUT2D eigenvalue weighted by atomic mass is 10.5. The van der Waals surface area contributed by atoms with Crippen molar-refractivity contribution in [2.24, 2.45) is 5.73 Å². The molecule has 0 aromatic rings. The summed E-state index contributed by atoms with van der Waals surface area (Å²) in [4.78, 5) is 0. The number of aliphatic hydroxyl groups excluding tert-OH is 1. The highest BCUT2D eigenvalue weighted by molar-refractivity contribution is 4.21. The molecule has 0 saturated heterocycles. The molecule has 7 heavy (non-hydrogen) atoms. The summed E-state index contributed by atoms with van der Waals surface area (Å²) in [5.41, 5.74) is 4.50. The SMILES string of the molecule is CCC(O)O.CN. The molecule has 0 aliphatic carbocycles. The average molecular weight is 107 g/mol. The minimum absolute atomic E-state index is 0.417. The summed E-state index contributed by atoms with van der Waals surface area (Å²) in [7, 11) is 1.50. The van der Waals surface area contributed by atoms with Gasteiger partial charge in [0, 0.05) is 0 Å². The third kappa shape index (κ3) is 25.0. The van der Waals surface area contributed by atoms with E-state index in [1.165, 1.54) is 7.05 Å². The molecule has 0 bridgehead atoms. The first kappa shape index (κ1) is 9.99. The molecular weight excluding hydrogens is 94.0 g/mol. The Labute approximate surface area is 43.8 Å². The first-order valence-electron chi connectivity index (χ1n) is 2.21. The van der Waals surface area contributed by atoms with Crippen LogP contribution in [0.3, 0.4) is 0 Å². The van der Waals surface area contributed by atoms with E-state index in [9.17, 15) is 0 Å². The molecular formula is C4H13NO2. The van der Waals surface area contributed by atoms with Gasteiger partial charge >= 0.3 is 0 Å². The lowest BCUT2D eigenvalue weighted by Crippen LogP contribution is -1.99. The van der Waals surface area contributed by atoms with Crippen molar-refractivity contribution in [1.82, 2.24) is 0 Å². The van der Waals surface area contributed by atoms with E-state index in [0.29, 0.717) is 6.42 Å². The number of hydrogen-bond acceptors (Lipinski definition) is 3. The molecule has 0 aliphatic heterocycles. The van der Waals surface area contributed by atoms with Gasteiger partial charge in [-0.15, -0.1) is 0 Å². The van der Waals surface area contributed by atoms with Gasteiger partial charge in [-0.05, 0) is 13.5 Å². The van der Waals surface area contributed by atoms with Crippen molar-refractivity contribution in [1.29, 1.82) is 0 Å². The normalized spacial score (nSPS) is 7.71. The molecule has 0 rings (SSSR count). The van der Waals surface area contributed by atoms with Crippen molar-refractivity contribution < 1.29 is 10.2 Å². The third-order valence-electron chi connectivity index (χ3n) is 0.365. The van der Waals surface area contributed by atoms with E-state index in [-0.39, 0.29) is 0 Å². The highest BCUT2D eigenvalue weighted by Crippen LogP contribution is 1.77. The van der Waals surface area contributed by atoms with E-state index in [1.54, 1.807) is 6.92 Å². The summed E-state index contributed by atoms with van der Waals surface area (Å²) in [5.74, 6) is 0. The molecule has 0 unspecified atom stereocenters. The molecule has 0 saturated carbocycles. The van der Waals surface area contributed by atoms with Gasteiger partial charge in [-0.25, -0.2) is 0 Å². The van der Waals surface area contributed by atoms with Crippen molar-refractivity contribution in [3.8, 4) is 0 Å². The fourth-order valence-electron chi connectivity index (χ4n) is 0. The van der Waals surface area contributed by atoms with Crippen LogP contribution in [0.15, 0.2) is 0 Å². The number of aliphatic hydroxyl groups is 2.